The standard InChI is InChI=1S/C14H20N4/c15-7-10-18-8-5-13(6-9-18)17-14-4-2-1-3-12(14)11-16/h1-4,13,17H,5-10,15H2. The van der Waals surface area contributed by atoms with Crippen LogP contribution in [0.5, 0.6) is 0 Å². The Morgan fingerprint density at radius 1 is 1.33 bits per heavy atom. The van der Waals surface area contributed by atoms with Crippen LogP contribution in [0.2, 0.25) is 0 Å². The van der Waals surface area contributed by atoms with Crippen LogP contribution in [-0.4, -0.2) is 37.1 Å². The van der Waals surface area contributed by atoms with Crippen LogP contribution in [-0.2, 0) is 0 Å². The first-order valence-electron chi connectivity index (χ1n) is 6.51. The lowest BCUT2D eigenvalue weighted by Crippen LogP contribution is -2.41. The predicted molar refractivity (Wildman–Crippen MR) is 73.3 cm³/mol. The van der Waals surface area contributed by atoms with Crippen LogP contribution in [0.4, 0.5) is 5.69 Å². The van der Waals surface area contributed by atoms with Gasteiger partial charge in [0.05, 0.1) is 11.3 Å². The highest BCUT2D eigenvalue weighted by atomic mass is 15.1. The third-order valence-electron chi connectivity index (χ3n) is 3.44. The van der Waals surface area contributed by atoms with E-state index in [0.717, 1.165) is 50.3 Å². The number of piperidine rings is 1. The number of benzene rings is 1. The molecule has 1 saturated heterocycles. The molecule has 0 aliphatic carbocycles. The average molecular weight is 244 g/mol. The maximum Gasteiger partial charge on any atom is 0.101 e. The maximum absolute atomic E-state index is 9.05. The van der Waals surface area contributed by atoms with Gasteiger partial charge in [0.15, 0.2) is 0 Å². The van der Waals surface area contributed by atoms with Gasteiger partial charge in [-0.15, -0.1) is 0 Å². The third-order valence-corrected chi connectivity index (χ3v) is 3.44. The first kappa shape index (κ1) is 12.9. The Balaban J connectivity index is 1.90. The van der Waals surface area contributed by atoms with Crippen molar-refractivity contribution in [3.05, 3.63) is 29.8 Å². The van der Waals surface area contributed by atoms with Crippen molar-refractivity contribution in [2.24, 2.45) is 5.73 Å². The first-order chi connectivity index (χ1) is 8.83. The highest BCUT2D eigenvalue weighted by molar-refractivity contribution is 5.57. The summed E-state index contributed by atoms with van der Waals surface area (Å²) < 4.78 is 0. The Bertz CT molecular complexity index is 416. The number of hydrogen-bond acceptors (Lipinski definition) is 4. The van der Waals surface area contributed by atoms with Gasteiger partial charge in [0.1, 0.15) is 6.07 Å². The van der Waals surface area contributed by atoms with Gasteiger partial charge >= 0.3 is 0 Å². The molecule has 0 atom stereocenters. The molecule has 18 heavy (non-hydrogen) atoms. The van der Waals surface area contributed by atoms with Gasteiger partial charge in [0, 0.05) is 32.2 Å². The summed E-state index contributed by atoms with van der Waals surface area (Å²) in [6, 6.07) is 10.4. The topological polar surface area (TPSA) is 65.1 Å². The second kappa shape index (κ2) is 6.39. The number of likely N-dealkylation sites (tertiary alicyclic amines) is 1. The van der Waals surface area contributed by atoms with E-state index < -0.39 is 0 Å². The van der Waals surface area contributed by atoms with E-state index in [1.165, 1.54) is 0 Å². The van der Waals surface area contributed by atoms with Gasteiger partial charge in [-0.3, -0.25) is 0 Å². The van der Waals surface area contributed by atoms with E-state index in [-0.39, 0.29) is 0 Å². The third kappa shape index (κ3) is 3.22. The normalized spacial score (nSPS) is 17.3. The summed E-state index contributed by atoms with van der Waals surface area (Å²) in [5.74, 6) is 0. The lowest BCUT2D eigenvalue weighted by Gasteiger charge is -2.32. The molecular formula is C14H20N4. The van der Waals surface area contributed by atoms with Gasteiger partial charge < -0.3 is 16.0 Å². The molecule has 0 saturated carbocycles. The minimum absolute atomic E-state index is 0.466. The Morgan fingerprint density at radius 3 is 2.72 bits per heavy atom. The molecule has 4 heteroatoms. The minimum Gasteiger partial charge on any atom is -0.381 e. The lowest BCUT2D eigenvalue weighted by molar-refractivity contribution is 0.224. The number of nitriles is 1. The number of rotatable bonds is 4. The highest BCUT2D eigenvalue weighted by Gasteiger charge is 2.18. The van der Waals surface area contributed by atoms with E-state index in [1.807, 2.05) is 24.3 Å². The summed E-state index contributed by atoms with van der Waals surface area (Å²) in [5, 5.41) is 12.5. The number of para-hydroxylation sites is 1. The predicted octanol–water partition coefficient (Wildman–Crippen LogP) is 1.39. The van der Waals surface area contributed by atoms with Crippen molar-refractivity contribution in [3.8, 4) is 6.07 Å². The molecule has 2 rings (SSSR count). The second-order valence-corrected chi connectivity index (χ2v) is 4.71. The van der Waals surface area contributed by atoms with Crippen LogP contribution in [0.25, 0.3) is 0 Å². The minimum atomic E-state index is 0.466. The molecule has 1 fully saturated rings. The second-order valence-electron chi connectivity index (χ2n) is 4.71. The molecule has 0 bridgehead atoms. The van der Waals surface area contributed by atoms with Gasteiger partial charge in [0.2, 0.25) is 0 Å². The number of anilines is 1. The van der Waals surface area contributed by atoms with Crippen LogP contribution in [0, 0.1) is 11.3 Å². The summed E-state index contributed by atoms with van der Waals surface area (Å²) in [6.07, 6.45) is 2.22. The molecule has 1 aliphatic rings. The van der Waals surface area contributed by atoms with Crippen LogP contribution in [0.3, 0.4) is 0 Å². The van der Waals surface area contributed by atoms with E-state index in [0.29, 0.717) is 6.04 Å². The Kier molecular flexibility index (Phi) is 4.57. The van der Waals surface area contributed by atoms with Gasteiger partial charge in [-0.05, 0) is 25.0 Å². The number of nitrogens with one attached hydrogen (secondary N) is 1. The highest BCUT2D eigenvalue weighted by Crippen LogP contribution is 2.19. The van der Waals surface area contributed by atoms with Crippen molar-refractivity contribution in [2.75, 3.05) is 31.5 Å². The van der Waals surface area contributed by atoms with Crippen molar-refractivity contribution < 1.29 is 0 Å². The molecule has 1 aromatic carbocycles. The Morgan fingerprint density at radius 2 is 2.06 bits per heavy atom. The van der Waals surface area contributed by atoms with E-state index in [1.54, 1.807) is 0 Å². The average Bonchev–Trinajstić information content (AvgIpc) is 2.42. The van der Waals surface area contributed by atoms with Crippen molar-refractivity contribution in [3.63, 3.8) is 0 Å². The van der Waals surface area contributed by atoms with Gasteiger partial charge in [0.25, 0.3) is 0 Å². The smallest absolute Gasteiger partial charge is 0.101 e. The monoisotopic (exact) mass is 244 g/mol. The molecular weight excluding hydrogens is 224 g/mol. The molecule has 1 aromatic rings. The molecule has 3 N–H and O–H groups in total. The van der Waals surface area contributed by atoms with Crippen molar-refractivity contribution in [2.45, 2.75) is 18.9 Å². The molecule has 1 aliphatic heterocycles. The van der Waals surface area contributed by atoms with E-state index in [9.17, 15) is 0 Å². The number of nitrogens with two attached hydrogens (primary N) is 1. The van der Waals surface area contributed by atoms with Crippen LogP contribution in [0.1, 0.15) is 18.4 Å². The first-order valence-corrected chi connectivity index (χ1v) is 6.51. The van der Waals surface area contributed by atoms with Crippen LogP contribution >= 0.6 is 0 Å². The molecule has 4 nitrogen and oxygen atoms in total. The molecule has 96 valence electrons. The van der Waals surface area contributed by atoms with Gasteiger partial charge in [-0.2, -0.15) is 5.26 Å². The van der Waals surface area contributed by atoms with E-state index in [2.05, 4.69) is 16.3 Å². The zero-order chi connectivity index (χ0) is 12.8. The van der Waals surface area contributed by atoms with Crippen molar-refractivity contribution >= 4 is 5.69 Å². The van der Waals surface area contributed by atoms with Crippen LogP contribution < -0.4 is 11.1 Å². The zero-order valence-corrected chi connectivity index (χ0v) is 10.6. The summed E-state index contributed by atoms with van der Waals surface area (Å²) in [7, 11) is 0. The van der Waals surface area contributed by atoms with Crippen molar-refractivity contribution in [1.29, 1.82) is 5.26 Å². The quantitative estimate of drug-likeness (QED) is 0.840. The van der Waals surface area contributed by atoms with Crippen LogP contribution in [0.15, 0.2) is 24.3 Å². The fourth-order valence-corrected chi connectivity index (χ4v) is 2.41. The zero-order valence-electron chi connectivity index (χ0n) is 10.6. The SMILES string of the molecule is N#Cc1ccccc1NC1CCN(CCN)CC1. The molecule has 0 spiro atoms. The van der Waals surface area contributed by atoms with Crippen molar-refractivity contribution in [1.82, 2.24) is 4.90 Å². The van der Waals surface area contributed by atoms with Gasteiger partial charge in [-0.25, -0.2) is 0 Å². The fourth-order valence-electron chi connectivity index (χ4n) is 2.41. The molecule has 0 radical (unpaired) electrons. The summed E-state index contributed by atoms with van der Waals surface area (Å²) >= 11 is 0. The molecule has 0 amide bonds. The maximum atomic E-state index is 9.05. The summed E-state index contributed by atoms with van der Waals surface area (Å²) in [6.45, 7) is 3.89. The molecule has 0 aromatic heterocycles. The Hall–Kier alpha value is -1.57. The fraction of sp³-hybridized carbons (Fsp3) is 0.500. The van der Waals surface area contributed by atoms with E-state index in [4.69, 9.17) is 11.0 Å². The van der Waals surface area contributed by atoms with Gasteiger partial charge in [-0.1, -0.05) is 12.1 Å². The summed E-state index contributed by atoms with van der Waals surface area (Å²) in [4.78, 5) is 2.40. The molecule has 1 heterocycles. The summed E-state index contributed by atoms with van der Waals surface area (Å²) in [5.41, 5.74) is 7.24. The Labute approximate surface area is 108 Å². The number of nitrogens with zero attached hydrogens (tertiary/aromatic N) is 2. The van der Waals surface area contributed by atoms with E-state index >= 15 is 0 Å². The molecule has 0 unspecified atom stereocenters. The largest absolute Gasteiger partial charge is 0.381 e. The lowest BCUT2D eigenvalue weighted by atomic mass is 10.0. The number of hydrogen-bond donors (Lipinski definition) is 2.